The van der Waals surface area contributed by atoms with Gasteiger partial charge in [0.05, 0.1) is 7.11 Å². The number of ether oxygens (including phenoxy) is 1. The van der Waals surface area contributed by atoms with Crippen LogP contribution >= 0.6 is 0 Å². The highest BCUT2D eigenvalue weighted by atomic mass is 16.5. The van der Waals surface area contributed by atoms with Gasteiger partial charge in [-0.1, -0.05) is 18.2 Å². The number of methoxy groups -OCH3 is 1. The van der Waals surface area contributed by atoms with Gasteiger partial charge < -0.3 is 14.9 Å². The number of hydrogen-bond donors (Lipinski definition) is 2. The van der Waals surface area contributed by atoms with Crippen molar-refractivity contribution < 1.29 is 19.7 Å². The second-order valence-electron chi connectivity index (χ2n) is 3.27. The maximum Gasteiger partial charge on any atom is 0.303 e. The van der Waals surface area contributed by atoms with Gasteiger partial charge in [0.1, 0.15) is 0 Å². The Morgan fingerprint density at radius 3 is 2.88 bits per heavy atom. The molecule has 0 spiro atoms. The Bertz CT molecular complexity index is 396. The zero-order valence-electron chi connectivity index (χ0n) is 9.01. The number of carboxylic acids is 1. The van der Waals surface area contributed by atoms with E-state index < -0.39 is 5.97 Å². The summed E-state index contributed by atoms with van der Waals surface area (Å²) in [6, 6.07) is 4.96. The molecule has 1 aromatic carbocycles. The van der Waals surface area contributed by atoms with Crippen molar-refractivity contribution in [2.75, 3.05) is 7.11 Å². The van der Waals surface area contributed by atoms with Crippen LogP contribution in [0.4, 0.5) is 0 Å². The zero-order valence-corrected chi connectivity index (χ0v) is 9.01. The van der Waals surface area contributed by atoms with Crippen LogP contribution in [-0.2, 0) is 4.79 Å². The molecule has 2 N–H and O–H groups in total. The molecular formula is C12H14O4. The molecule has 0 atom stereocenters. The fourth-order valence-electron chi connectivity index (χ4n) is 1.22. The molecule has 0 radical (unpaired) electrons. The molecule has 0 aliphatic rings. The molecule has 0 unspecified atom stereocenters. The lowest BCUT2D eigenvalue weighted by Crippen LogP contribution is -1.91. The monoisotopic (exact) mass is 222 g/mol. The van der Waals surface area contributed by atoms with Gasteiger partial charge in [-0.05, 0) is 24.1 Å². The van der Waals surface area contributed by atoms with Crippen molar-refractivity contribution in [3.63, 3.8) is 0 Å². The van der Waals surface area contributed by atoms with Gasteiger partial charge in [0.15, 0.2) is 11.5 Å². The highest BCUT2D eigenvalue weighted by Crippen LogP contribution is 2.26. The van der Waals surface area contributed by atoms with Gasteiger partial charge in [0.25, 0.3) is 0 Å². The first-order valence-corrected chi connectivity index (χ1v) is 4.89. The fourth-order valence-corrected chi connectivity index (χ4v) is 1.22. The Morgan fingerprint density at radius 2 is 2.25 bits per heavy atom. The van der Waals surface area contributed by atoms with Gasteiger partial charge in [0, 0.05) is 6.42 Å². The summed E-state index contributed by atoms with van der Waals surface area (Å²) >= 11 is 0. The maximum absolute atomic E-state index is 10.3. The summed E-state index contributed by atoms with van der Waals surface area (Å²) in [4.78, 5) is 10.3. The number of phenols is 1. The molecule has 0 aromatic heterocycles. The number of aliphatic carboxylic acids is 1. The molecule has 0 bridgehead atoms. The van der Waals surface area contributed by atoms with Crippen LogP contribution in [0.1, 0.15) is 18.4 Å². The Labute approximate surface area is 93.8 Å². The molecule has 0 fully saturated rings. The minimum atomic E-state index is -0.812. The van der Waals surface area contributed by atoms with Crippen LogP contribution in [0.25, 0.3) is 6.08 Å². The predicted molar refractivity (Wildman–Crippen MR) is 60.6 cm³/mol. The van der Waals surface area contributed by atoms with Crippen LogP contribution in [-0.4, -0.2) is 23.3 Å². The number of allylic oxidation sites excluding steroid dienone is 1. The van der Waals surface area contributed by atoms with Gasteiger partial charge in [-0.15, -0.1) is 0 Å². The summed E-state index contributed by atoms with van der Waals surface area (Å²) in [5.41, 5.74) is 0.861. The van der Waals surface area contributed by atoms with Crippen molar-refractivity contribution in [2.45, 2.75) is 12.8 Å². The second kappa shape index (κ2) is 5.80. The highest BCUT2D eigenvalue weighted by Gasteiger charge is 2.00. The average molecular weight is 222 g/mol. The van der Waals surface area contributed by atoms with Gasteiger partial charge in [-0.25, -0.2) is 0 Å². The van der Waals surface area contributed by atoms with Crippen molar-refractivity contribution in [2.24, 2.45) is 0 Å². The normalized spacial score (nSPS) is 10.6. The number of benzene rings is 1. The van der Waals surface area contributed by atoms with Crippen LogP contribution in [0.3, 0.4) is 0 Å². The molecule has 0 saturated carbocycles. The van der Waals surface area contributed by atoms with Gasteiger partial charge in [0.2, 0.25) is 0 Å². The van der Waals surface area contributed by atoms with E-state index in [0.29, 0.717) is 12.2 Å². The van der Waals surface area contributed by atoms with Crippen molar-refractivity contribution in [3.8, 4) is 11.5 Å². The van der Waals surface area contributed by atoms with Gasteiger partial charge in [-0.3, -0.25) is 4.79 Å². The summed E-state index contributed by atoms with van der Waals surface area (Å²) < 4.78 is 4.95. The molecule has 0 aliphatic heterocycles. The van der Waals surface area contributed by atoms with Crippen LogP contribution < -0.4 is 4.74 Å². The highest BCUT2D eigenvalue weighted by molar-refractivity contribution is 5.67. The number of aromatic hydroxyl groups is 1. The minimum Gasteiger partial charge on any atom is -0.504 e. The van der Waals surface area contributed by atoms with E-state index in [9.17, 15) is 9.90 Å². The number of phenolic OH excluding ortho intramolecular Hbond substituents is 1. The molecule has 86 valence electrons. The van der Waals surface area contributed by atoms with E-state index in [0.717, 1.165) is 5.56 Å². The van der Waals surface area contributed by atoms with E-state index in [1.54, 1.807) is 24.3 Å². The van der Waals surface area contributed by atoms with Crippen molar-refractivity contribution in [1.29, 1.82) is 0 Å². The molecule has 0 saturated heterocycles. The third kappa shape index (κ3) is 3.65. The van der Waals surface area contributed by atoms with Crippen LogP contribution in [0.5, 0.6) is 11.5 Å². The summed E-state index contributed by atoms with van der Waals surface area (Å²) in [5, 5.41) is 17.8. The lowest BCUT2D eigenvalue weighted by Gasteiger charge is -2.03. The van der Waals surface area contributed by atoms with Crippen LogP contribution in [0.15, 0.2) is 24.3 Å². The van der Waals surface area contributed by atoms with Crippen LogP contribution in [0.2, 0.25) is 0 Å². The molecular weight excluding hydrogens is 208 g/mol. The van der Waals surface area contributed by atoms with Crippen LogP contribution in [0, 0.1) is 0 Å². The molecule has 1 rings (SSSR count). The van der Waals surface area contributed by atoms with E-state index in [1.165, 1.54) is 13.2 Å². The lowest BCUT2D eigenvalue weighted by molar-refractivity contribution is -0.136. The largest absolute Gasteiger partial charge is 0.504 e. The minimum absolute atomic E-state index is 0.0881. The Morgan fingerprint density at radius 1 is 1.50 bits per heavy atom. The number of carboxylic acid groups (broad SMARTS) is 1. The summed E-state index contributed by atoms with van der Waals surface area (Å²) in [6.45, 7) is 0. The first kappa shape index (κ1) is 12.1. The first-order chi connectivity index (χ1) is 7.63. The van der Waals surface area contributed by atoms with E-state index in [-0.39, 0.29) is 12.2 Å². The maximum atomic E-state index is 10.3. The van der Waals surface area contributed by atoms with Crippen molar-refractivity contribution >= 4 is 12.0 Å². The third-order valence-corrected chi connectivity index (χ3v) is 2.04. The van der Waals surface area contributed by atoms with Crippen molar-refractivity contribution in [1.82, 2.24) is 0 Å². The van der Waals surface area contributed by atoms with Crippen molar-refractivity contribution in [3.05, 3.63) is 29.8 Å². The average Bonchev–Trinajstić information content (AvgIpc) is 2.26. The standard InChI is InChI=1S/C12H14O4/c1-16-11-8-9(6-7-10(11)13)4-2-3-5-12(14)15/h2,4,6-8,13H,3,5H2,1H3,(H,14,15). The zero-order chi connectivity index (χ0) is 12.0. The Hall–Kier alpha value is -1.97. The lowest BCUT2D eigenvalue weighted by atomic mass is 10.1. The number of rotatable bonds is 5. The summed E-state index contributed by atoms with van der Waals surface area (Å²) in [6.07, 6.45) is 4.18. The predicted octanol–water partition coefficient (Wildman–Crippen LogP) is 2.28. The summed E-state index contributed by atoms with van der Waals surface area (Å²) in [7, 11) is 1.48. The molecule has 0 amide bonds. The molecule has 16 heavy (non-hydrogen) atoms. The van der Waals surface area contributed by atoms with E-state index in [2.05, 4.69) is 0 Å². The summed E-state index contributed by atoms with van der Waals surface area (Å²) in [5.74, 6) is -0.321. The van der Waals surface area contributed by atoms with Gasteiger partial charge >= 0.3 is 5.97 Å². The van der Waals surface area contributed by atoms with E-state index in [4.69, 9.17) is 9.84 Å². The number of carbonyl (C=O) groups is 1. The number of hydrogen-bond acceptors (Lipinski definition) is 3. The Balaban J connectivity index is 2.63. The SMILES string of the molecule is COc1cc(C=CCCC(=O)O)ccc1O. The quantitative estimate of drug-likeness (QED) is 0.802. The topological polar surface area (TPSA) is 66.8 Å². The molecule has 1 aromatic rings. The smallest absolute Gasteiger partial charge is 0.303 e. The molecule has 4 heteroatoms. The fraction of sp³-hybridized carbons (Fsp3) is 0.250. The van der Waals surface area contributed by atoms with Gasteiger partial charge in [-0.2, -0.15) is 0 Å². The molecule has 0 heterocycles. The van der Waals surface area contributed by atoms with E-state index in [1.807, 2.05) is 0 Å². The first-order valence-electron chi connectivity index (χ1n) is 4.89. The third-order valence-electron chi connectivity index (χ3n) is 2.04. The molecule has 0 aliphatic carbocycles. The molecule has 4 nitrogen and oxygen atoms in total. The Kier molecular flexibility index (Phi) is 4.39. The second-order valence-corrected chi connectivity index (χ2v) is 3.27. The van der Waals surface area contributed by atoms with E-state index >= 15 is 0 Å².